The first-order valence-corrected chi connectivity index (χ1v) is 7.63. The quantitative estimate of drug-likeness (QED) is 0.602. The zero-order chi connectivity index (χ0) is 12.1. The van der Waals surface area contributed by atoms with Gasteiger partial charge in [-0.1, -0.05) is 34.1 Å². The van der Waals surface area contributed by atoms with Crippen molar-refractivity contribution < 1.29 is 0 Å². The molecule has 0 aliphatic carbocycles. The topological polar surface area (TPSA) is 15.8 Å². The number of H-pyrrole nitrogens is 1. The van der Waals surface area contributed by atoms with E-state index in [0.29, 0.717) is 0 Å². The second-order valence-electron chi connectivity index (χ2n) is 4.45. The molecule has 0 fully saturated rings. The fourth-order valence-corrected chi connectivity index (χ4v) is 4.01. The number of hydrogen-bond donors (Lipinski definition) is 1. The lowest BCUT2D eigenvalue weighted by Gasteiger charge is -2.15. The van der Waals surface area contributed by atoms with E-state index in [4.69, 9.17) is 0 Å². The molecule has 1 aliphatic heterocycles. The molecule has 0 saturated carbocycles. The van der Waals surface area contributed by atoms with Gasteiger partial charge >= 0.3 is 0 Å². The molecule has 0 unspecified atom stereocenters. The van der Waals surface area contributed by atoms with E-state index in [9.17, 15) is 0 Å². The van der Waals surface area contributed by atoms with Crippen LogP contribution in [0.4, 0.5) is 0 Å². The average Bonchev–Trinajstić information content (AvgIpc) is 2.77. The van der Waals surface area contributed by atoms with Gasteiger partial charge in [0.25, 0.3) is 0 Å². The third-order valence-electron chi connectivity index (χ3n) is 3.40. The number of rotatable bonds is 0. The molecule has 18 heavy (non-hydrogen) atoms. The Kier molecular flexibility index (Phi) is 2.32. The van der Waals surface area contributed by atoms with Crippen molar-refractivity contribution in [3.8, 4) is 11.3 Å². The first-order chi connectivity index (χ1) is 8.83. The van der Waals surface area contributed by atoms with Gasteiger partial charge in [-0.05, 0) is 29.8 Å². The van der Waals surface area contributed by atoms with Crippen LogP contribution in [0.5, 0.6) is 0 Å². The molecule has 0 amide bonds. The number of hydrogen-bond acceptors (Lipinski definition) is 1. The van der Waals surface area contributed by atoms with Crippen LogP contribution in [0.1, 0.15) is 5.56 Å². The van der Waals surface area contributed by atoms with E-state index >= 15 is 0 Å². The molecule has 2 heterocycles. The monoisotopic (exact) mass is 315 g/mol. The highest BCUT2D eigenvalue weighted by atomic mass is 79.9. The van der Waals surface area contributed by atoms with Crippen LogP contribution in [0.3, 0.4) is 0 Å². The van der Waals surface area contributed by atoms with Gasteiger partial charge in [-0.2, -0.15) is 0 Å². The van der Waals surface area contributed by atoms with Gasteiger partial charge in [0.2, 0.25) is 0 Å². The van der Waals surface area contributed by atoms with Crippen LogP contribution in [0.25, 0.3) is 22.2 Å². The van der Waals surface area contributed by atoms with Gasteiger partial charge < -0.3 is 4.98 Å². The molecule has 1 nitrogen and oxygen atoms in total. The van der Waals surface area contributed by atoms with E-state index < -0.39 is 0 Å². The van der Waals surface area contributed by atoms with Crippen molar-refractivity contribution in [2.24, 2.45) is 0 Å². The minimum atomic E-state index is 1.04. The predicted molar refractivity (Wildman–Crippen MR) is 81.0 cm³/mol. The Morgan fingerprint density at radius 2 is 2.00 bits per heavy atom. The lowest BCUT2D eigenvalue weighted by molar-refractivity contribution is 1.30. The molecule has 1 aromatic heterocycles. The first-order valence-electron chi connectivity index (χ1n) is 5.85. The van der Waals surface area contributed by atoms with Crippen LogP contribution >= 0.6 is 27.7 Å². The summed E-state index contributed by atoms with van der Waals surface area (Å²) >= 11 is 5.48. The van der Waals surface area contributed by atoms with Crippen LogP contribution < -0.4 is 0 Å². The zero-order valence-electron chi connectivity index (χ0n) is 9.53. The predicted octanol–water partition coefficient (Wildman–Crippen LogP) is 5.20. The lowest BCUT2D eigenvalue weighted by atomic mass is 10.1. The SMILES string of the molecule is Brc1ccc2[nH]c3c(c2c1)CSc1ccccc1-3. The zero-order valence-corrected chi connectivity index (χ0v) is 11.9. The maximum Gasteiger partial charge on any atom is 0.0517 e. The van der Waals surface area contributed by atoms with Crippen molar-refractivity contribution in [2.75, 3.05) is 0 Å². The molecule has 1 N–H and O–H groups in total. The average molecular weight is 316 g/mol. The number of fused-ring (bicyclic) bond motifs is 5. The van der Waals surface area contributed by atoms with Gasteiger partial charge in [-0.25, -0.2) is 0 Å². The third-order valence-corrected chi connectivity index (χ3v) is 4.99. The van der Waals surface area contributed by atoms with E-state index in [1.165, 1.54) is 32.6 Å². The van der Waals surface area contributed by atoms with Crippen molar-refractivity contribution in [1.82, 2.24) is 4.98 Å². The Hall–Kier alpha value is -1.19. The molecule has 0 radical (unpaired) electrons. The Morgan fingerprint density at radius 3 is 2.94 bits per heavy atom. The molecule has 0 spiro atoms. The van der Waals surface area contributed by atoms with E-state index in [1.807, 2.05) is 11.8 Å². The van der Waals surface area contributed by atoms with Crippen LogP contribution in [-0.2, 0) is 5.75 Å². The summed E-state index contributed by atoms with van der Waals surface area (Å²) in [7, 11) is 0. The van der Waals surface area contributed by atoms with Gasteiger partial charge in [-0.15, -0.1) is 11.8 Å². The molecule has 3 aromatic rings. The highest BCUT2D eigenvalue weighted by Crippen LogP contribution is 2.44. The van der Waals surface area contributed by atoms with Crippen LogP contribution in [0, 0.1) is 0 Å². The normalized spacial score (nSPS) is 13.4. The smallest absolute Gasteiger partial charge is 0.0517 e. The van der Waals surface area contributed by atoms with E-state index in [1.54, 1.807) is 0 Å². The number of aromatic amines is 1. The standard InChI is InChI=1S/C15H10BrNS/c16-9-5-6-13-11(7-9)12-8-18-14-4-2-1-3-10(14)15(12)17-13/h1-7,17H,8H2. The summed E-state index contributed by atoms with van der Waals surface area (Å²) < 4.78 is 1.14. The summed E-state index contributed by atoms with van der Waals surface area (Å²) in [5, 5.41) is 1.33. The number of nitrogens with one attached hydrogen (secondary N) is 1. The summed E-state index contributed by atoms with van der Waals surface area (Å²) in [5.41, 5.74) is 5.27. The second-order valence-corrected chi connectivity index (χ2v) is 6.39. The maximum atomic E-state index is 3.57. The Labute approximate surface area is 118 Å². The molecular formula is C15H10BrNS. The number of thioether (sulfide) groups is 1. The lowest BCUT2D eigenvalue weighted by Crippen LogP contribution is -1.93. The highest BCUT2D eigenvalue weighted by molar-refractivity contribution is 9.10. The Bertz CT molecular complexity index is 760. The third kappa shape index (κ3) is 1.47. The summed E-state index contributed by atoms with van der Waals surface area (Å²) in [6.45, 7) is 0. The van der Waals surface area contributed by atoms with Gasteiger partial charge in [0.05, 0.1) is 5.69 Å². The van der Waals surface area contributed by atoms with Crippen molar-refractivity contribution in [3.05, 3.63) is 52.5 Å². The van der Waals surface area contributed by atoms with Gasteiger partial charge in [-0.3, -0.25) is 0 Å². The summed E-state index contributed by atoms with van der Waals surface area (Å²) in [6.07, 6.45) is 0. The molecule has 1 aliphatic rings. The Balaban J connectivity index is 2.08. The van der Waals surface area contributed by atoms with Crippen LogP contribution in [-0.4, -0.2) is 4.98 Å². The van der Waals surface area contributed by atoms with Gasteiger partial charge in [0.1, 0.15) is 0 Å². The van der Waals surface area contributed by atoms with Gasteiger partial charge in [0, 0.05) is 31.6 Å². The van der Waals surface area contributed by atoms with Gasteiger partial charge in [0.15, 0.2) is 0 Å². The maximum absolute atomic E-state index is 3.57. The number of halogens is 1. The number of aromatic nitrogens is 1. The molecular weight excluding hydrogens is 306 g/mol. The Morgan fingerprint density at radius 1 is 1.11 bits per heavy atom. The fourth-order valence-electron chi connectivity index (χ4n) is 2.55. The van der Waals surface area contributed by atoms with Crippen LogP contribution in [0.15, 0.2) is 51.8 Å². The van der Waals surface area contributed by atoms with Crippen LogP contribution in [0.2, 0.25) is 0 Å². The summed E-state index contributed by atoms with van der Waals surface area (Å²) in [5.74, 6) is 1.04. The molecule has 0 bridgehead atoms. The largest absolute Gasteiger partial charge is 0.354 e. The van der Waals surface area contributed by atoms with E-state index in [2.05, 4.69) is 63.4 Å². The minimum absolute atomic E-state index is 1.04. The molecule has 4 rings (SSSR count). The molecule has 3 heteroatoms. The molecule has 88 valence electrons. The fraction of sp³-hybridized carbons (Fsp3) is 0.0667. The van der Waals surface area contributed by atoms with E-state index in [-0.39, 0.29) is 0 Å². The summed E-state index contributed by atoms with van der Waals surface area (Å²) in [6, 6.07) is 15.1. The van der Waals surface area contributed by atoms with Crippen molar-refractivity contribution in [3.63, 3.8) is 0 Å². The van der Waals surface area contributed by atoms with Crippen molar-refractivity contribution in [1.29, 1.82) is 0 Å². The second kappa shape index (κ2) is 3.90. The summed E-state index contributed by atoms with van der Waals surface area (Å²) in [4.78, 5) is 4.94. The van der Waals surface area contributed by atoms with Crippen molar-refractivity contribution >= 4 is 38.6 Å². The molecule has 0 saturated heterocycles. The van der Waals surface area contributed by atoms with Crippen molar-refractivity contribution in [2.45, 2.75) is 10.6 Å². The first kappa shape index (κ1) is 10.7. The highest BCUT2D eigenvalue weighted by Gasteiger charge is 2.20. The van der Waals surface area contributed by atoms with E-state index in [0.717, 1.165) is 10.2 Å². The number of benzene rings is 2. The minimum Gasteiger partial charge on any atom is -0.354 e. The molecule has 2 aromatic carbocycles. The molecule has 0 atom stereocenters.